The molecule has 0 aliphatic rings. The third-order valence-corrected chi connectivity index (χ3v) is 3.82. The quantitative estimate of drug-likeness (QED) is 0.616. The standard InChI is InChI=1S/C18H14N6O/c19-17(25)7-12-2-1-3-13(6-12)15-4-5-18-22-10-16(24(18)23-15)14-8-20-11-21-9-14/h1-6,8-11H,7H2,(H2,19,25). The van der Waals surface area contributed by atoms with E-state index < -0.39 is 0 Å². The summed E-state index contributed by atoms with van der Waals surface area (Å²) in [6, 6.07) is 11.4. The van der Waals surface area contributed by atoms with Crippen LogP contribution in [0.4, 0.5) is 0 Å². The minimum absolute atomic E-state index is 0.202. The fourth-order valence-electron chi connectivity index (χ4n) is 2.70. The Morgan fingerprint density at radius 2 is 1.88 bits per heavy atom. The van der Waals surface area contributed by atoms with E-state index in [1.54, 1.807) is 23.1 Å². The number of hydrogen-bond donors (Lipinski definition) is 1. The number of fused-ring (bicyclic) bond motifs is 1. The van der Waals surface area contributed by atoms with Crippen molar-refractivity contribution < 1.29 is 4.79 Å². The summed E-state index contributed by atoms with van der Waals surface area (Å²) in [6.45, 7) is 0. The molecule has 7 heteroatoms. The van der Waals surface area contributed by atoms with Gasteiger partial charge in [0.25, 0.3) is 0 Å². The number of benzene rings is 1. The Hall–Kier alpha value is -3.61. The van der Waals surface area contributed by atoms with Gasteiger partial charge in [-0.2, -0.15) is 5.10 Å². The van der Waals surface area contributed by atoms with Gasteiger partial charge in [-0.05, 0) is 23.8 Å². The molecule has 0 unspecified atom stereocenters. The molecule has 122 valence electrons. The highest BCUT2D eigenvalue weighted by Gasteiger charge is 2.10. The van der Waals surface area contributed by atoms with Crippen molar-refractivity contribution in [2.24, 2.45) is 5.73 Å². The first kappa shape index (κ1) is 14.9. The van der Waals surface area contributed by atoms with E-state index in [1.807, 2.05) is 36.4 Å². The molecule has 0 fully saturated rings. The van der Waals surface area contributed by atoms with E-state index in [9.17, 15) is 4.79 Å². The Balaban J connectivity index is 1.80. The monoisotopic (exact) mass is 330 g/mol. The molecule has 0 atom stereocenters. The fraction of sp³-hybridized carbons (Fsp3) is 0.0556. The van der Waals surface area contributed by atoms with Gasteiger partial charge in [-0.15, -0.1) is 0 Å². The molecule has 3 aromatic heterocycles. The Morgan fingerprint density at radius 1 is 1.04 bits per heavy atom. The van der Waals surface area contributed by atoms with Gasteiger partial charge in [-0.25, -0.2) is 19.5 Å². The van der Waals surface area contributed by atoms with Crippen molar-refractivity contribution in [2.75, 3.05) is 0 Å². The van der Waals surface area contributed by atoms with Crippen LogP contribution in [0.15, 0.2) is 61.3 Å². The SMILES string of the molecule is NC(=O)Cc1cccc(-c2ccc3ncc(-c4cncnc4)n3n2)c1. The molecule has 1 amide bonds. The van der Waals surface area contributed by atoms with Crippen molar-refractivity contribution in [3.63, 3.8) is 0 Å². The van der Waals surface area contributed by atoms with Gasteiger partial charge in [-0.1, -0.05) is 18.2 Å². The van der Waals surface area contributed by atoms with Gasteiger partial charge in [0.05, 0.1) is 24.0 Å². The molecule has 3 heterocycles. The van der Waals surface area contributed by atoms with Gasteiger partial charge < -0.3 is 5.73 Å². The lowest BCUT2D eigenvalue weighted by Crippen LogP contribution is -2.13. The van der Waals surface area contributed by atoms with Crippen LogP contribution < -0.4 is 5.73 Å². The maximum atomic E-state index is 11.1. The average molecular weight is 330 g/mol. The molecular formula is C18H14N6O. The number of nitrogens with two attached hydrogens (primary N) is 1. The molecule has 0 aliphatic heterocycles. The third kappa shape index (κ3) is 2.94. The van der Waals surface area contributed by atoms with Crippen LogP contribution in [0.25, 0.3) is 28.2 Å². The van der Waals surface area contributed by atoms with E-state index in [4.69, 9.17) is 5.73 Å². The van der Waals surface area contributed by atoms with Crippen molar-refractivity contribution in [3.8, 4) is 22.5 Å². The summed E-state index contributed by atoms with van der Waals surface area (Å²) in [5.41, 5.74) is 10.2. The molecule has 0 saturated carbocycles. The van der Waals surface area contributed by atoms with E-state index in [0.29, 0.717) is 0 Å². The average Bonchev–Trinajstić information content (AvgIpc) is 3.05. The number of amides is 1. The van der Waals surface area contributed by atoms with E-state index >= 15 is 0 Å². The van der Waals surface area contributed by atoms with Crippen LogP contribution in [0.1, 0.15) is 5.56 Å². The number of carbonyl (C=O) groups excluding carboxylic acids is 1. The van der Waals surface area contributed by atoms with E-state index in [1.165, 1.54) is 6.33 Å². The molecule has 7 nitrogen and oxygen atoms in total. The number of rotatable bonds is 4. The fourth-order valence-corrected chi connectivity index (χ4v) is 2.70. The summed E-state index contributed by atoms with van der Waals surface area (Å²) >= 11 is 0. The first-order valence-electron chi connectivity index (χ1n) is 7.68. The smallest absolute Gasteiger partial charge is 0.221 e. The number of hydrogen-bond acceptors (Lipinski definition) is 5. The summed E-state index contributed by atoms with van der Waals surface area (Å²) < 4.78 is 1.76. The summed E-state index contributed by atoms with van der Waals surface area (Å²) in [4.78, 5) is 23.6. The third-order valence-electron chi connectivity index (χ3n) is 3.82. The van der Waals surface area contributed by atoms with Crippen molar-refractivity contribution in [3.05, 3.63) is 66.9 Å². The molecule has 2 N–H and O–H groups in total. The zero-order valence-electron chi connectivity index (χ0n) is 13.2. The number of imidazole rings is 1. The van der Waals surface area contributed by atoms with Crippen LogP contribution >= 0.6 is 0 Å². The molecule has 0 radical (unpaired) electrons. The van der Waals surface area contributed by atoms with E-state index in [0.717, 1.165) is 33.7 Å². The Kier molecular flexibility index (Phi) is 3.66. The largest absolute Gasteiger partial charge is 0.369 e. The molecule has 0 saturated heterocycles. The number of primary amides is 1. The molecule has 1 aromatic carbocycles. The predicted molar refractivity (Wildman–Crippen MR) is 92.3 cm³/mol. The maximum absolute atomic E-state index is 11.1. The number of aromatic nitrogens is 5. The van der Waals surface area contributed by atoms with Gasteiger partial charge in [0.2, 0.25) is 5.91 Å². The van der Waals surface area contributed by atoms with E-state index in [-0.39, 0.29) is 12.3 Å². The van der Waals surface area contributed by atoms with Gasteiger partial charge >= 0.3 is 0 Å². The van der Waals surface area contributed by atoms with Gasteiger partial charge in [0.1, 0.15) is 6.33 Å². The lowest BCUT2D eigenvalue weighted by atomic mass is 10.1. The maximum Gasteiger partial charge on any atom is 0.221 e. The molecular weight excluding hydrogens is 316 g/mol. The van der Waals surface area contributed by atoms with Crippen LogP contribution in [0.3, 0.4) is 0 Å². The van der Waals surface area contributed by atoms with Crippen molar-refractivity contribution in [1.82, 2.24) is 24.6 Å². The first-order valence-corrected chi connectivity index (χ1v) is 7.68. The summed E-state index contributed by atoms with van der Waals surface area (Å²) in [5.74, 6) is -0.360. The minimum Gasteiger partial charge on any atom is -0.369 e. The van der Waals surface area contributed by atoms with Crippen LogP contribution in [-0.2, 0) is 11.2 Å². The Bertz CT molecular complexity index is 1060. The lowest BCUT2D eigenvalue weighted by molar-refractivity contribution is -0.117. The van der Waals surface area contributed by atoms with Crippen LogP contribution in [-0.4, -0.2) is 30.5 Å². The summed E-state index contributed by atoms with van der Waals surface area (Å²) in [5, 5.41) is 4.68. The lowest BCUT2D eigenvalue weighted by Gasteiger charge is -2.06. The zero-order valence-corrected chi connectivity index (χ0v) is 13.2. The number of nitrogens with zero attached hydrogens (tertiary/aromatic N) is 5. The second-order valence-electron chi connectivity index (χ2n) is 5.60. The highest BCUT2D eigenvalue weighted by atomic mass is 16.1. The predicted octanol–water partition coefficient (Wildman–Crippen LogP) is 1.88. The van der Waals surface area contributed by atoms with E-state index in [2.05, 4.69) is 20.1 Å². The molecule has 4 rings (SSSR count). The van der Waals surface area contributed by atoms with Gasteiger partial charge in [-0.3, -0.25) is 4.79 Å². The molecule has 4 aromatic rings. The molecule has 25 heavy (non-hydrogen) atoms. The highest BCUT2D eigenvalue weighted by molar-refractivity contribution is 5.77. The Labute approximate surface area is 143 Å². The van der Waals surface area contributed by atoms with Gasteiger partial charge in [0, 0.05) is 23.5 Å². The van der Waals surface area contributed by atoms with Gasteiger partial charge in [0.15, 0.2) is 5.65 Å². The Morgan fingerprint density at radius 3 is 2.68 bits per heavy atom. The van der Waals surface area contributed by atoms with Crippen LogP contribution in [0.2, 0.25) is 0 Å². The second-order valence-corrected chi connectivity index (χ2v) is 5.60. The number of carbonyl (C=O) groups is 1. The van der Waals surface area contributed by atoms with Crippen molar-refractivity contribution in [1.29, 1.82) is 0 Å². The molecule has 0 spiro atoms. The van der Waals surface area contributed by atoms with Crippen LogP contribution in [0.5, 0.6) is 0 Å². The zero-order chi connectivity index (χ0) is 17.2. The highest BCUT2D eigenvalue weighted by Crippen LogP contribution is 2.22. The van der Waals surface area contributed by atoms with Crippen molar-refractivity contribution >= 4 is 11.6 Å². The first-order chi connectivity index (χ1) is 12.2. The molecule has 0 bridgehead atoms. The second kappa shape index (κ2) is 6.12. The minimum atomic E-state index is -0.360. The molecule has 0 aliphatic carbocycles. The van der Waals surface area contributed by atoms with Crippen molar-refractivity contribution in [2.45, 2.75) is 6.42 Å². The topological polar surface area (TPSA) is 99.1 Å². The normalized spacial score (nSPS) is 10.9. The summed E-state index contributed by atoms with van der Waals surface area (Å²) in [6.07, 6.45) is 6.87. The summed E-state index contributed by atoms with van der Waals surface area (Å²) in [7, 11) is 0. The van der Waals surface area contributed by atoms with Crippen LogP contribution in [0, 0.1) is 0 Å².